The van der Waals surface area contributed by atoms with Gasteiger partial charge in [-0.3, -0.25) is 0 Å². The first kappa shape index (κ1) is 14.1. The average molecular weight is 302 g/mol. The van der Waals surface area contributed by atoms with Crippen LogP contribution in [0.1, 0.15) is 27.9 Å². The van der Waals surface area contributed by atoms with Crippen molar-refractivity contribution in [2.45, 2.75) is 27.2 Å². The molecule has 4 rings (SSSR count). The maximum atomic E-state index is 4.04. The lowest BCUT2D eigenvalue weighted by Gasteiger charge is -2.11. The number of fused-ring (bicyclic) bond motifs is 3. The number of hydrogen-bond acceptors (Lipinski definition) is 2. The molecule has 2 heterocycles. The van der Waals surface area contributed by atoms with Crippen LogP contribution in [-0.4, -0.2) is 10.2 Å². The minimum atomic E-state index is 0.925. The number of nitrogens with zero attached hydrogens (tertiary/aromatic N) is 3. The Morgan fingerprint density at radius 2 is 1.70 bits per heavy atom. The molecule has 0 bridgehead atoms. The van der Waals surface area contributed by atoms with E-state index in [1.54, 1.807) is 0 Å². The zero-order valence-electron chi connectivity index (χ0n) is 14.0. The molecule has 1 aliphatic carbocycles. The normalized spacial score (nSPS) is 12.2. The summed E-state index contributed by atoms with van der Waals surface area (Å²) >= 11 is 0. The van der Waals surface area contributed by atoms with Crippen LogP contribution in [0.5, 0.6) is 0 Å². The van der Waals surface area contributed by atoms with Crippen LogP contribution in [0.25, 0.3) is 22.4 Å². The van der Waals surface area contributed by atoms with Crippen molar-refractivity contribution in [3.8, 4) is 22.4 Å². The quantitative estimate of drug-likeness (QED) is 0.504. The Hall–Kier alpha value is -2.55. The van der Waals surface area contributed by atoms with Crippen LogP contribution < -0.4 is 4.57 Å². The summed E-state index contributed by atoms with van der Waals surface area (Å²) in [6, 6.07) is 9.00. The van der Waals surface area contributed by atoms with Gasteiger partial charge in [0, 0.05) is 17.2 Å². The molecule has 2 aromatic heterocycles. The van der Waals surface area contributed by atoms with Gasteiger partial charge >= 0.3 is 0 Å². The Balaban J connectivity index is 1.93. The van der Waals surface area contributed by atoms with Gasteiger partial charge in [0.25, 0.3) is 0 Å². The molecule has 0 amide bonds. The summed E-state index contributed by atoms with van der Waals surface area (Å²) in [5, 5.41) is 8.07. The van der Waals surface area contributed by atoms with Crippen molar-refractivity contribution < 1.29 is 4.57 Å². The molecule has 0 aliphatic heterocycles. The number of pyridine rings is 1. The van der Waals surface area contributed by atoms with Crippen LogP contribution in [0.3, 0.4) is 0 Å². The third kappa shape index (κ3) is 2.07. The first-order valence-corrected chi connectivity index (χ1v) is 7.96. The van der Waals surface area contributed by atoms with Gasteiger partial charge in [-0.25, -0.2) is 0 Å². The molecule has 0 atom stereocenters. The Kier molecular flexibility index (Phi) is 3.05. The molecule has 23 heavy (non-hydrogen) atoms. The molecule has 0 fully saturated rings. The van der Waals surface area contributed by atoms with E-state index in [9.17, 15) is 0 Å². The zero-order valence-corrected chi connectivity index (χ0v) is 14.0. The first-order chi connectivity index (χ1) is 11.1. The highest BCUT2D eigenvalue weighted by molar-refractivity contribution is 5.75. The third-order valence-corrected chi connectivity index (χ3v) is 5.03. The third-order valence-electron chi connectivity index (χ3n) is 5.03. The van der Waals surface area contributed by atoms with E-state index in [1.807, 2.05) is 12.4 Å². The molecule has 0 saturated heterocycles. The van der Waals surface area contributed by atoms with Crippen molar-refractivity contribution in [2.75, 3.05) is 0 Å². The minimum Gasteiger partial charge on any atom is -0.197 e. The first-order valence-electron chi connectivity index (χ1n) is 7.96. The van der Waals surface area contributed by atoms with Crippen molar-refractivity contribution in [3.63, 3.8) is 0 Å². The molecule has 0 saturated carbocycles. The molecule has 0 N–H and O–H groups in total. The largest absolute Gasteiger partial charge is 0.212 e. The summed E-state index contributed by atoms with van der Waals surface area (Å²) in [5.41, 5.74) is 11.7. The summed E-state index contributed by atoms with van der Waals surface area (Å²) in [6.45, 7) is 6.56. The SMILES string of the molecule is Cc1cc(C)c(C)c(-c2ccc3c([n+]2C)Cc2cnncc2-3)c1. The Bertz CT molecular complexity index is 942. The molecular weight excluding hydrogens is 282 g/mol. The van der Waals surface area contributed by atoms with Crippen LogP contribution in [0.15, 0.2) is 36.7 Å². The fraction of sp³-hybridized carbons (Fsp3) is 0.250. The second-order valence-corrected chi connectivity index (χ2v) is 6.50. The number of aryl methyl sites for hydroxylation is 2. The van der Waals surface area contributed by atoms with E-state index in [0.717, 1.165) is 6.42 Å². The molecule has 1 aromatic carbocycles. The topological polar surface area (TPSA) is 29.7 Å². The highest BCUT2D eigenvalue weighted by atomic mass is 15.1. The molecular formula is C20H20N3+. The average Bonchev–Trinajstić information content (AvgIpc) is 2.91. The molecule has 0 unspecified atom stereocenters. The van der Waals surface area contributed by atoms with Crippen molar-refractivity contribution in [1.29, 1.82) is 0 Å². The smallest absolute Gasteiger partial charge is 0.197 e. The lowest BCUT2D eigenvalue weighted by Crippen LogP contribution is -2.36. The molecule has 3 aromatic rings. The predicted octanol–water partition coefficient (Wildman–Crippen LogP) is 3.46. The number of aromatic nitrogens is 3. The van der Waals surface area contributed by atoms with E-state index in [2.05, 4.69) is 66.8 Å². The van der Waals surface area contributed by atoms with Crippen molar-refractivity contribution in [2.24, 2.45) is 7.05 Å². The van der Waals surface area contributed by atoms with Crippen LogP contribution in [0.2, 0.25) is 0 Å². The lowest BCUT2D eigenvalue weighted by atomic mass is 9.96. The minimum absolute atomic E-state index is 0.925. The highest BCUT2D eigenvalue weighted by Crippen LogP contribution is 2.35. The van der Waals surface area contributed by atoms with Gasteiger partial charge in [-0.2, -0.15) is 14.8 Å². The summed E-state index contributed by atoms with van der Waals surface area (Å²) in [6.07, 6.45) is 4.69. The fourth-order valence-electron chi connectivity index (χ4n) is 3.64. The number of benzene rings is 1. The summed E-state index contributed by atoms with van der Waals surface area (Å²) in [7, 11) is 2.16. The maximum Gasteiger partial charge on any atom is 0.212 e. The molecule has 3 nitrogen and oxygen atoms in total. The molecule has 114 valence electrons. The van der Waals surface area contributed by atoms with Crippen LogP contribution in [-0.2, 0) is 13.5 Å². The van der Waals surface area contributed by atoms with E-state index in [4.69, 9.17) is 0 Å². The Morgan fingerprint density at radius 3 is 2.52 bits per heavy atom. The van der Waals surface area contributed by atoms with Crippen molar-refractivity contribution in [1.82, 2.24) is 10.2 Å². The predicted molar refractivity (Wildman–Crippen MR) is 91.1 cm³/mol. The zero-order chi connectivity index (χ0) is 16.1. The fourth-order valence-corrected chi connectivity index (χ4v) is 3.64. The Labute approximate surface area is 136 Å². The van der Waals surface area contributed by atoms with Crippen LogP contribution in [0, 0.1) is 20.8 Å². The van der Waals surface area contributed by atoms with Crippen LogP contribution in [0.4, 0.5) is 0 Å². The monoisotopic (exact) mass is 302 g/mol. The van der Waals surface area contributed by atoms with E-state index >= 15 is 0 Å². The van der Waals surface area contributed by atoms with E-state index in [0.29, 0.717) is 0 Å². The molecule has 0 spiro atoms. The van der Waals surface area contributed by atoms with Gasteiger partial charge in [0.1, 0.15) is 7.05 Å². The van der Waals surface area contributed by atoms with Gasteiger partial charge < -0.3 is 0 Å². The Morgan fingerprint density at radius 1 is 0.913 bits per heavy atom. The second kappa shape index (κ2) is 4.98. The van der Waals surface area contributed by atoms with Crippen LogP contribution >= 0.6 is 0 Å². The van der Waals surface area contributed by atoms with E-state index in [1.165, 1.54) is 50.3 Å². The lowest BCUT2D eigenvalue weighted by molar-refractivity contribution is -0.666. The van der Waals surface area contributed by atoms with Gasteiger partial charge in [0.2, 0.25) is 5.69 Å². The van der Waals surface area contributed by atoms with Gasteiger partial charge in [0.15, 0.2) is 5.69 Å². The van der Waals surface area contributed by atoms with Gasteiger partial charge in [-0.05, 0) is 49.6 Å². The second-order valence-electron chi connectivity index (χ2n) is 6.50. The van der Waals surface area contributed by atoms with E-state index in [-0.39, 0.29) is 0 Å². The van der Waals surface area contributed by atoms with Crippen molar-refractivity contribution >= 4 is 0 Å². The molecule has 1 aliphatic rings. The summed E-state index contributed by atoms with van der Waals surface area (Å²) in [4.78, 5) is 0. The van der Waals surface area contributed by atoms with Crippen molar-refractivity contribution in [3.05, 3.63) is 64.6 Å². The standard InChI is InChI=1S/C20H20N3/c1-12-7-13(2)14(3)17(8-12)19-6-5-16-18-11-22-21-10-15(18)9-20(16)23(19)4/h5-8,10-11H,9H2,1-4H3/q+1. The summed E-state index contributed by atoms with van der Waals surface area (Å²) < 4.78 is 2.33. The highest BCUT2D eigenvalue weighted by Gasteiger charge is 2.29. The maximum absolute atomic E-state index is 4.04. The van der Waals surface area contributed by atoms with Gasteiger partial charge in [-0.15, -0.1) is 0 Å². The molecule has 0 radical (unpaired) electrons. The molecule has 3 heteroatoms. The number of hydrogen-bond donors (Lipinski definition) is 0. The summed E-state index contributed by atoms with van der Waals surface area (Å²) in [5.74, 6) is 0. The van der Waals surface area contributed by atoms with E-state index < -0.39 is 0 Å². The van der Waals surface area contributed by atoms with Gasteiger partial charge in [0.05, 0.1) is 24.4 Å². The van der Waals surface area contributed by atoms with Gasteiger partial charge in [-0.1, -0.05) is 11.6 Å². The number of rotatable bonds is 1.